The van der Waals surface area contributed by atoms with E-state index in [1.54, 1.807) is 4.57 Å². The lowest BCUT2D eigenvalue weighted by Crippen LogP contribution is -2.28. The van der Waals surface area contributed by atoms with Gasteiger partial charge in [0.05, 0.1) is 0 Å². The van der Waals surface area contributed by atoms with Crippen molar-refractivity contribution in [2.45, 2.75) is 32.7 Å². The number of fused-ring (bicyclic) bond motifs is 3. The number of hydrogen-bond acceptors (Lipinski definition) is 4. The fourth-order valence-electron chi connectivity index (χ4n) is 2.17. The Morgan fingerprint density at radius 3 is 3.00 bits per heavy atom. The molecule has 0 aliphatic carbocycles. The molecule has 0 atom stereocenters. The van der Waals surface area contributed by atoms with Gasteiger partial charge in [-0.1, -0.05) is 19.8 Å². The summed E-state index contributed by atoms with van der Waals surface area (Å²) in [6.45, 7) is 2.76. The van der Waals surface area contributed by atoms with Gasteiger partial charge >= 0.3 is 5.69 Å². The van der Waals surface area contributed by atoms with Crippen LogP contribution < -0.4 is 5.69 Å². The van der Waals surface area contributed by atoms with Crippen molar-refractivity contribution in [1.29, 1.82) is 0 Å². The second-order valence-electron chi connectivity index (χ2n) is 4.36. The van der Waals surface area contributed by atoms with E-state index in [4.69, 9.17) is 0 Å². The van der Waals surface area contributed by atoms with Crippen molar-refractivity contribution >= 4 is 32.7 Å². The quantitative estimate of drug-likeness (QED) is 0.585. The maximum atomic E-state index is 12.4. The third kappa shape index (κ3) is 1.95. The fourth-order valence-corrected chi connectivity index (χ4v) is 2.53. The summed E-state index contributed by atoms with van der Waals surface area (Å²) < 4.78 is 3.54. The topological polar surface area (TPSA) is 80.9 Å². The molecule has 0 aromatic carbocycles. The highest BCUT2D eigenvalue weighted by molar-refractivity contribution is 9.10. The average Bonchev–Trinajstić information content (AvgIpc) is 2.99. The molecule has 3 rings (SSSR count). The Kier molecular flexibility index (Phi) is 3.09. The highest BCUT2D eigenvalue weighted by Gasteiger charge is 2.15. The molecule has 3 aromatic rings. The predicted octanol–water partition coefficient (Wildman–Crippen LogP) is 1.72. The Morgan fingerprint density at radius 2 is 2.21 bits per heavy atom. The maximum Gasteiger partial charge on any atom is 0.352 e. The van der Waals surface area contributed by atoms with Gasteiger partial charge in [0.1, 0.15) is 11.8 Å². The summed E-state index contributed by atoms with van der Waals surface area (Å²) >= 11 is 3.30. The molecule has 100 valence electrons. The molecular weight excluding hydrogens is 312 g/mol. The Morgan fingerprint density at radius 1 is 1.37 bits per heavy atom. The Bertz CT molecular complexity index is 786. The molecule has 0 amide bonds. The van der Waals surface area contributed by atoms with Crippen molar-refractivity contribution < 1.29 is 0 Å². The van der Waals surface area contributed by atoms with Gasteiger partial charge < -0.3 is 4.98 Å². The number of hydrogen-bond donors (Lipinski definition) is 1. The minimum atomic E-state index is -0.199. The summed E-state index contributed by atoms with van der Waals surface area (Å²) in [7, 11) is 0. The highest BCUT2D eigenvalue weighted by Crippen LogP contribution is 2.17. The van der Waals surface area contributed by atoms with Crippen LogP contribution in [-0.4, -0.2) is 29.1 Å². The molecule has 0 radical (unpaired) electrons. The van der Waals surface area contributed by atoms with Crippen LogP contribution in [0.1, 0.15) is 26.2 Å². The Balaban J connectivity index is 2.26. The van der Waals surface area contributed by atoms with Crippen molar-refractivity contribution in [2.75, 3.05) is 0 Å². The van der Waals surface area contributed by atoms with Crippen LogP contribution in [0.3, 0.4) is 0 Å². The van der Waals surface area contributed by atoms with E-state index in [0.717, 1.165) is 24.8 Å². The molecule has 7 nitrogen and oxygen atoms in total. The van der Waals surface area contributed by atoms with Crippen LogP contribution in [0, 0.1) is 0 Å². The Hall–Kier alpha value is -1.70. The minimum absolute atomic E-state index is 0.199. The molecule has 0 bridgehead atoms. The molecular formula is C11H13BrN6O. The summed E-state index contributed by atoms with van der Waals surface area (Å²) in [5, 5.41) is 3.98. The lowest BCUT2D eigenvalue weighted by molar-refractivity contribution is 0.579. The number of nitrogens with zero attached hydrogens (tertiary/aromatic N) is 5. The van der Waals surface area contributed by atoms with Gasteiger partial charge in [0.25, 0.3) is 0 Å². The number of unbranched alkanes of at least 4 members (excludes halogenated alkanes) is 2. The summed E-state index contributed by atoms with van der Waals surface area (Å²) in [5.74, 6) is 0. The zero-order chi connectivity index (χ0) is 13.4. The van der Waals surface area contributed by atoms with Crippen LogP contribution in [0.5, 0.6) is 0 Å². The van der Waals surface area contributed by atoms with Crippen LogP contribution in [0.25, 0.3) is 16.8 Å². The molecule has 3 aromatic heterocycles. The van der Waals surface area contributed by atoms with Gasteiger partial charge in [-0.25, -0.2) is 14.8 Å². The van der Waals surface area contributed by atoms with E-state index in [1.807, 2.05) is 0 Å². The smallest absolute Gasteiger partial charge is 0.328 e. The lowest BCUT2D eigenvalue weighted by Gasteiger charge is -2.06. The van der Waals surface area contributed by atoms with Crippen molar-refractivity contribution in [3.05, 3.63) is 21.5 Å². The van der Waals surface area contributed by atoms with E-state index in [1.165, 1.54) is 10.8 Å². The van der Waals surface area contributed by atoms with Crippen LogP contribution in [0.15, 0.2) is 15.9 Å². The van der Waals surface area contributed by atoms with E-state index in [-0.39, 0.29) is 5.69 Å². The number of imidazole rings is 1. The number of H-pyrrole nitrogens is 1. The van der Waals surface area contributed by atoms with Gasteiger partial charge in [-0.15, -0.1) is 0 Å². The molecule has 0 aliphatic heterocycles. The minimum Gasteiger partial charge on any atom is -0.328 e. The van der Waals surface area contributed by atoms with Crippen molar-refractivity contribution in [1.82, 2.24) is 29.1 Å². The second kappa shape index (κ2) is 4.76. The largest absolute Gasteiger partial charge is 0.352 e. The zero-order valence-corrected chi connectivity index (χ0v) is 12.0. The normalized spacial score (nSPS) is 11.7. The number of halogens is 1. The first-order chi connectivity index (χ1) is 9.22. The maximum absolute atomic E-state index is 12.4. The van der Waals surface area contributed by atoms with Crippen molar-refractivity contribution in [3.8, 4) is 0 Å². The SMILES string of the molecule is CCCCCn1c(=O)n2ncnc2c2[nH]c(Br)nc21. The zero-order valence-electron chi connectivity index (χ0n) is 10.4. The first-order valence-corrected chi connectivity index (χ1v) is 6.99. The molecule has 19 heavy (non-hydrogen) atoms. The van der Waals surface area contributed by atoms with Gasteiger partial charge in [-0.2, -0.15) is 9.61 Å². The molecule has 3 heterocycles. The average molecular weight is 325 g/mol. The van der Waals surface area contributed by atoms with E-state index in [2.05, 4.69) is 42.9 Å². The third-order valence-corrected chi connectivity index (χ3v) is 3.46. The molecule has 0 unspecified atom stereocenters. The first-order valence-electron chi connectivity index (χ1n) is 6.20. The molecule has 0 spiro atoms. The fraction of sp³-hybridized carbons (Fsp3) is 0.455. The molecule has 0 saturated heterocycles. The van der Waals surface area contributed by atoms with Crippen LogP contribution in [0.4, 0.5) is 0 Å². The number of rotatable bonds is 4. The van der Waals surface area contributed by atoms with Gasteiger partial charge in [0, 0.05) is 6.54 Å². The monoisotopic (exact) mass is 324 g/mol. The molecule has 0 fully saturated rings. The number of aromatic nitrogens is 6. The molecule has 0 saturated carbocycles. The second-order valence-corrected chi connectivity index (χ2v) is 5.11. The molecule has 1 N–H and O–H groups in total. The summed E-state index contributed by atoms with van der Waals surface area (Å²) in [5.41, 5.74) is 1.65. The highest BCUT2D eigenvalue weighted by atomic mass is 79.9. The van der Waals surface area contributed by atoms with Gasteiger partial charge in [0.15, 0.2) is 16.0 Å². The van der Waals surface area contributed by atoms with E-state index >= 15 is 0 Å². The number of aromatic amines is 1. The van der Waals surface area contributed by atoms with Gasteiger partial charge in [0.2, 0.25) is 0 Å². The number of nitrogens with one attached hydrogen (secondary N) is 1. The third-order valence-electron chi connectivity index (χ3n) is 3.08. The van der Waals surface area contributed by atoms with Crippen molar-refractivity contribution in [3.63, 3.8) is 0 Å². The van der Waals surface area contributed by atoms with Crippen LogP contribution >= 0.6 is 15.9 Å². The van der Waals surface area contributed by atoms with E-state index in [9.17, 15) is 4.79 Å². The van der Waals surface area contributed by atoms with Crippen molar-refractivity contribution in [2.24, 2.45) is 0 Å². The van der Waals surface area contributed by atoms with Crippen LogP contribution in [0.2, 0.25) is 0 Å². The van der Waals surface area contributed by atoms with Gasteiger partial charge in [-0.3, -0.25) is 4.57 Å². The van der Waals surface area contributed by atoms with E-state index in [0.29, 0.717) is 22.6 Å². The molecule has 0 aliphatic rings. The predicted molar refractivity (Wildman–Crippen MR) is 74.1 cm³/mol. The van der Waals surface area contributed by atoms with Crippen LogP contribution in [-0.2, 0) is 6.54 Å². The number of aryl methyl sites for hydroxylation is 1. The van der Waals surface area contributed by atoms with E-state index < -0.39 is 0 Å². The lowest BCUT2D eigenvalue weighted by atomic mass is 10.2. The van der Waals surface area contributed by atoms with Gasteiger partial charge in [-0.05, 0) is 22.4 Å². The Labute approximate surface area is 116 Å². The summed E-state index contributed by atoms with van der Waals surface area (Å²) in [4.78, 5) is 23.9. The molecule has 8 heteroatoms. The summed E-state index contributed by atoms with van der Waals surface area (Å²) in [6.07, 6.45) is 4.50. The standard InChI is InChI=1S/C11H13BrN6O/c1-2-3-4-5-17-9-7(15-10(12)16-9)8-13-6-14-18(8)11(17)19/h6H,2-5H2,1H3,(H,15,16). The first kappa shape index (κ1) is 12.3. The summed E-state index contributed by atoms with van der Waals surface area (Å²) in [6, 6.07) is 0.